The molecule has 1 aliphatic carbocycles. The van der Waals surface area contributed by atoms with Crippen molar-refractivity contribution >= 4 is 10.0 Å². The number of sulfonamides is 1. The molecule has 6 heteroatoms. The highest BCUT2D eigenvalue weighted by Crippen LogP contribution is 2.18. The molecule has 0 aromatic heterocycles. The molecule has 1 saturated carbocycles. The molecule has 0 spiro atoms. The van der Waals surface area contributed by atoms with Crippen LogP contribution >= 0.6 is 0 Å². The third kappa shape index (κ3) is 4.54. The normalized spacial score (nSPS) is 15.8. The lowest BCUT2D eigenvalue weighted by Crippen LogP contribution is -2.30. The maximum Gasteiger partial charge on any atom is 0.214 e. The van der Waals surface area contributed by atoms with Crippen molar-refractivity contribution in [1.29, 1.82) is 0 Å². The number of hydrogen-bond donors (Lipinski definition) is 1. The number of halogens is 1. The van der Waals surface area contributed by atoms with Gasteiger partial charge in [-0.1, -0.05) is 18.2 Å². The first-order chi connectivity index (χ1) is 9.49. The van der Waals surface area contributed by atoms with E-state index in [1.54, 1.807) is 18.2 Å². The lowest BCUT2D eigenvalue weighted by molar-refractivity contribution is 0.454. The van der Waals surface area contributed by atoms with Gasteiger partial charge in [-0.05, 0) is 31.9 Å². The number of hydrogen-bond acceptors (Lipinski definition) is 3. The van der Waals surface area contributed by atoms with Crippen molar-refractivity contribution in [3.05, 3.63) is 35.6 Å². The minimum atomic E-state index is -3.33. The van der Waals surface area contributed by atoms with Gasteiger partial charge in [0.25, 0.3) is 0 Å². The number of nitrogens with zero attached hydrogens (tertiary/aromatic N) is 1. The molecule has 0 atom stereocenters. The molecular weight excluding hydrogens is 279 g/mol. The summed E-state index contributed by atoms with van der Waals surface area (Å²) in [5, 5.41) is 3.28. The summed E-state index contributed by atoms with van der Waals surface area (Å²) in [4.78, 5) is 0. The maximum absolute atomic E-state index is 13.5. The summed E-state index contributed by atoms with van der Waals surface area (Å²) >= 11 is 0. The summed E-state index contributed by atoms with van der Waals surface area (Å²) in [6.07, 6.45) is 2.97. The van der Waals surface area contributed by atoms with E-state index in [-0.39, 0.29) is 18.1 Å². The second-order valence-corrected chi connectivity index (χ2v) is 7.44. The van der Waals surface area contributed by atoms with E-state index in [4.69, 9.17) is 0 Å². The molecule has 20 heavy (non-hydrogen) atoms. The molecule has 1 aromatic carbocycles. The van der Waals surface area contributed by atoms with Crippen LogP contribution in [-0.4, -0.2) is 38.1 Å². The number of benzene rings is 1. The molecule has 1 fully saturated rings. The van der Waals surface area contributed by atoms with Gasteiger partial charge in [0.15, 0.2) is 0 Å². The summed E-state index contributed by atoms with van der Waals surface area (Å²) < 4.78 is 38.9. The van der Waals surface area contributed by atoms with Crippen LogP contribution in [0, 0.1) is 5.82 Å². The summed E-state index contributed by atoms with van der Waals surface area (Å²) in [6, 6.07) is 6.84. The minimum absolute atomic E-state index is 0.0745. The molecule has 112 valence electrons. The molecule has 4 nitrogen and oxygen atoms in total. The Bertz CT molecular complexity index is 544. The summed E-state index contributed by atoms with van der Waals surface area (Å²) in [6.45, 7) is 0.794. The lowest BCUT2D eigenvalue weighted by Gasteiger charge is -2.17. The number of rotatable bonds is 8. The second-order valence-electron chi connectivity index (χ2n) is 5.25. The van der Waals surface area contributed by atoms with E-state index >= 15 is 0 Å². The smallest absolute Gasteiger partial charge is 0.214 e. The van der Waals surface area contributed by atoms with Crippen LogP contribution in [0.3, 0.4) is 0 Å². The lowest BCUT2D eigenvalue weighted by atomic mass is 10.2. The van der Waals surface area contributed by atoms with E-state index in [0.717, 1.165) is 6.54 Å². The van der Waals surface area contributed by atoms with Crippen LogP contribution < -0.4 is 5.32 Å². The van der Waals surface area contributed by atoms with Crippen molar-refractivity contribution in [2.24, 2.45) is 0 Å². The van der Waals surface area contributed by atoms with Crippen LogP contribution in [-0.2, 0) is 16.6 Å². The first-order valence-electron chi connectivity index (χ1n) is 6.90. The molecule has 0 heterocycles. The van der Waals surface area contributed by atoms with Gasteiger partial charge in [-0.2, -0.15) is 0 Å². The van der Waals surface area contributed by atoms with E-state index in [0.29, 0.717) is 18.0 Å². The van der Waals surface area contributed by atoms with Crippen LogP contribution in [0.5, 0.6) is 0 Å². The Balaban J connectivity index is 1.82. The van der Waals surface area contributed by atoms with Gasteiger partial charge in [0.05, 0.1) is 5.75 Å². The Morgan fingerprint density at radius 1 is 1.35 bits per heavy atom. The van der Waals surface area contributed by atoms with Gasteiger partial charge in [-0.15, -0.1) is 0 Å². The Morgan fingerprint density at radius 2 is 2.05 bits per heavy atom. The van der Waals surface area contributed by atoms with Crippen LogP contribution in [0.25, 0.3) is 0 Å². The van der Waals surface area contributed by atoms with Gasteiger partial charge in [0.2, 0.25) is 10.0 Å². The standard InChI is InChI=1S/C14H21FN2O2S/c1-17(11-12-5-2-3-6-14(12)15)20(18,19)10-4-9-16-13-7-8-13/h2-3,5-6,13,16H,4,7-11H2,1H3. The van der Waals surface area contributed by atoms with E-state index in [1.807, 2.05) is 0 Å². The van der Waals surface area contributed by atoms with Gasteiger partial charge in [-0.3, -0.25) is 0 Å². The molecule has 0 radical (unpaired) electrons. The van der Waals surface area contributed by atoms with Gasteiger partial charge < -0.3 is 5.32 Å². The van der Waals surface area contributed by atoms with E-state index < -0.39 is 10.0 Å². The fourth-order valence-electron chi connectivity index (χ4n) is 1.97. The van der Waals surface area contributed by atoms with Crippen molar-refractivity contribution in [3.63, 3.8) is 0 Å². The average molecular weight is 300 g/mol. The minimum Gasteiger partial charge on any atom is -0.314 e. The van der Waals surface area contributed by atoms with Gasteiger partial charge >= 0.3 is 0 Å². The molecule has 1 N–H and O–H groups in total. The summed E-state index contributed by atoms with van der Waals surface area (Å²) in [7, 11) is -1.83. The fraction of sp³-hybridized carbons (Fsp3) is 0.571. The quantitative estimate of drug-likeness (QED) is 0.744. The van der Waals surface area contributed by atoms with Crippen LogP contribution in [0.15, 0.2) is 24.3 Å². The fourth-order valence-corrected chi connectivity index (χ4v) is 3.13. The number of nitrogens with one attached hydrogen (secondary N) is 1. The van der Waals surface area contributed by atoms with Gasteiger partial charge in [0, 0.05) is 25.2 Å². The van der Waals surface area contributed by atoms with Crippen molar-refractivity contribution < 1.29 is 12.8 Å². The molecular formula is C14H21FN2O2S. The highest BCUT2D eigenvalue weighted by molar-refractivity contribution is 7.89. The Kier molecular flexibility index (Phi) is 5.12. The van der Waals surface area contributed by atoms with Gasteiger partial charge in [0.1, 0.15) is 5.82 Å². The van der Waals surface area contributed by atoms with Crippen molar-refractivity contribution in [2.45, 2.75) is 31.8 Å². The molecule has 0 bridgehead atoms. The predicted octanol–water partition coefficient (Wildman–Crippen LogP) is 1.73. The highest BCUT2D eigenvalue weighted by Gasteiger charge is 2.21. The largest absolute Gasteiger partial charge is 0.314 e. The molecule has 1 aromatic rings. The predicted molar refractivity (Wildman–Crippen MR) is 77.3 cm³/mol. The Hall–Kier alpha value is -0.980. The van der Waals surface area contributed by atoms with Crippen LogP contribution in [0.2, 0.25) is 0 Å². The monoisotopic (exact) mass is 300 g/mol. The van der Waals surface area contributed by atoms with E-state index in [1.165, 1.54) is 30.3 Å². The Morgan fingerprint density at radius 3 is 2.70 bits per heavy atom. The third-order valence-corrected chi connectivity index (χ3v) is 5.30. The third-order valence-electron chi connectivity index (χ3n) is 3.42. The first kappa shape index (κ1) is 15.4. The van der Waals surface area contributed by atoms with Crippen molar-refractivity contribution in [3.8, 4) is 0 Å². The summed E-state index contributed by atoms with van der Waals surface area (Å²) in [5.74, 6) is -0.276. The topological polar surface area (TPSA) is 49.4 Å². The van der Waals surface area contributed by atoms with Crippen molar-refractivity contribution in [2.75, 3.05) is 19.3 Å². The average Bonchev–Trinajstić information content (AvgIpc) is 3.21. The SMILES string of the molecule is CN(Cc1ccccc1F)S(=O)(=O)CCCNC1CC1. The van der Waals surface area contributed by atoms with E-state index in [2.05, 4.69) is 5.32 Å². The zero-order valence-corrected chi connectivity index (χ0v) is 12.5. The maximum atomic E-state index is 13.5. The van der Waals surface area contributed by atoms with E-state index in [9.17, 15) is 12.8 Å². The summed E-state index contributed by atoms with van der Waals surface area (Å²) in [5.41, 5.74) is 0.398. The Labute approximate surface area is 120 Å². The molecule has 2 rings (SSSR count). The molecule has 0 saturated heterocycles. The zero-order chi connectivity index (χ0) is 14.6. The van der Waals surface area contributed by atoms with Gasteiger partial charge in [-0.25, -0.2) is 17.1 Å². The molecule has 1 aliphatic rings. The van der Waals surface area contributed by atoms with Crippen molar-refractivity contribution in [1.82, 2.24) is 9.62 Å². The zero-order valence-electron chi connectivity index (χ0n) is 11.7. The molecule has 0 amide bonds. The van der Waals surface area contributed by atoms with Crippen LogP contribution in [0.1, 0.15) is 24.8 Å². The highest BCUT2D eigenvalue weighted by atomic mass is 32.2. The molecule has 0 unspecified atom stereocenters. The first-order valence-corrected chi connectivity index (χ1v) is 8.51. The van der Waals surface area contributed by atoms with Crippen LogP contribution in [0.4, 0.5) is 4.39 Å². The second kappa shape index (κ2) is 6.65. The molecule has 0 aliphatic heterocycles.